The van der Waals surface area contributed by atoms with Crippen molar-refractivity contribution in [1.82, 2.24) is 21.3 Å². The predicted molar refractivity (Wildman–Crippen MR) is 108 cm³/mol. The molecule has 1 amide bonds. The number of anilines is 1. The third kappa shape index (κ3) is 4.14. The van der Waals surface area contributed by atoms with Crippen LogP contribution in [0.4, 0.5) is 5.69 Å². The standard InChI is InChI=1S/C20H22ClN5O/c21-16-6-8-17(9-7-16)22-19-18(23-25-24-19)20(27)26-12-10-15(11-13-26)14-4-2-1-3-5-14/h1-10,18-19,22-25H,11-13H2. The maximum absolute atomic E-state index is 13.0. The Kier molecular flexibility index (Phi) is 5.40. The summed E-state index contributed by atoms with van der Waals surface area (Å²) in [4.78, 5) is 14.9. The molecule has 2 atom stereocenters. The van der Waals surface area contributed by atoms with E-state index in [0.717, 1.165) is 12.1 Å². The zero-order chi connectivity index (χ0) is 18.6. The van der Waals surface area contributed by atoms with E-state index in [1.807, 2.05) is 47.4 Å². The van der Waals surface area contributed by atoms with Gasteiger partial charge in [0.05, 0.1) is 0 Å². The van der Waals surface area contributed by atoms with E-state index in [9.17, 15) is 4.79 Å². The molecular formula is C20H22ClN5O. The van der Waals surface area contributed by atoms with Gasteiger partial charge in [0, 0.05) is 23.8 Å². The van der Waals surface area contributed by atoms with Crippen molar-refractivity contribution < 1.29 is 4.79 Å². The highest BCUT2D eigenvalue weighted by Gasteiger charge is 2.36. The minimum Gasteiger partial charge on any atom is -0.367 e. The fraction of sp³-hybridized carbons (Fsp3) is 0.250. The van der Waals surface area contributed by atoms with Crippen LogP contribution in [0.3, 0.4) is 0 Å². The van der Waals surface area contributed by atoms with E-state index in [-0.39, 0.29) is 12.1 Å². The number of amides is 1. The molecule has 2 aliphatic rings. The zero-order valence-electron chi connectivity index (χ0n) is 14.8. The highest BCUT2D eigenvalue weighted by Crippen LogP contribution is 2.23. The van der Waals surface area contributed by atoms with Gasteiger partial charge in [0.2, 0.25) is 5.91 Å². The Hall–Kier alpha value is -2.38. The van der Waals surface area contributed by atoms with Crippen molar-refractivity contribution in [3.8, 4) is 0 Å². The topological polar surface area (TPSA) is 68.4 Å². The third-order valence-corrected chi connectivity index (χ3v) is 5.14. The van der Waals surface area contributed by atoms with Crippen LogP contribution in [0.15, 0.2) is 60.7 Å². The molecule has 2 aromatic rings. The molecule has 4 N–H and O–H groups in total. The molecule has 2 aliphatic heterocycles. The number of hydrazine groups is 2. The van der Waals surface area contributed by atoms with Gasteiger partial charge in [-0.3, -0.25) is 4.79 Å². The summed E-state index contributed by atoms with van der Waals surface area (Å²) in [5.41, 5.74) is 12.4. The Morgan fingerprint density at radius 1 is 1.07 bits per heavy atom. The highest BCUT2D eigenvalue weighted by atomic mass is 35.5. The second kappa shape index (κ2) is 8.10. The Morgan fingerprint density at radius 3 is 2.56 bits per heavy atom. The summed E-state index contributed by atoms with van der Waals surface area (Å²) in [5, 5.41) is 3.99. The molecule has 4 rings (SSSR count). The van der Waals surface area contributed by atoms with Crippen molar-refractivity contribution >= 4 is 28.8 Å². The smallest absolute Gasteiger partial charge is 0.244 e. The molecule has 27 heavy (non-hydrogen) atoms. The SMILES string of the molecule is O=C(C1NNNC1Nc1ccc(Cl)cc1)N1CC=C(c2ccccc2)CC1. The lowest BCUT2D eigenvalue weighted by atomic mass is 9.99. The lowest BCUT2D eigenvalue weighted by Crippen LogP contribution is -2.52. The van der Waals surface area contributed by atoms with E-state index in [2.05, 4.69) is 39.9 Å². The van der Waals surface area contributed by atoms with Gasteiger partial charge < -0.3 is 10.2 Å². The first-order valence-corrected chi connectivity index (χ1v) is 9.40. The van der Waals surface area contributed by atoms with E-state index < -0.39 is 6.04 Å². The summed E-state index contributed by atoms with van der Waals surface area (Å²) in [6, 6.07) is 17.3. The molecule has 7 heteroatoms. The maximum Gasteiger partial charge on any atom is 0.244 e. The average molecular weight is 384 g/mol. The van der Waals surface area contributed by atoms with Crippen LogP contribution in [0.25, 0.3) is 5.57 Å². The average Bonchev–Trinajstić information content (AvgIpc) is 3.18. The van der Waals surface area contributed by atoms with Crippen LogP contribution in [-0.2, 0) is 4.79 Å². The molecule has 0 aromatic heterocycles. The number of hydrogen-bond donors (Lipinski definition) is 4. The number of nitrogens with zero attached hydrogens (tertiary/aromatic N) is 1. The first-order valence-electron chi connectivity index (χ1n) is 9.02. The molecule has 1 fully saturated rings. The van der Waals surface area contributed by atoms with Crippen molar-refractivity contribution in [2.24, 2.45) is 0 Å². The molecule has 2 aromatic carbocycles. The first kappa shape index (κ1) is 18.0. The van der Waals surface area contributed by atoms with Gasteiger partial charge in [-0.05, 0) is 41.8 Å². The molecule has 1 saturated heterocycles. The van der Waals surface area contributed by atoms with Crippen molar-refractivity contribution in [2.45, 2.75) is 18.6 Å². The molecule has 0 aliphatic carbocycles. The quantitative estimate of drug-likeness (QED) is 0.652. The van der Waals surface area contributed by atoms with Crippen LogP contribution in [0, 0.1) is 0 Å². The first-order chi connectivity index (χ1) is 13.2. The molecule has 2 heterocycles. The Labute approximate surface area is 163 Å². The van der Waals surface area contributed by atoms with Gasteiger partial charge in [-0.15, -0.1) is 0 Å². The second-order valence-electron chi connectivity index (χ2n) is 6.65. The molecule has 0 bridgehead atoms. The van der Waals surface area contributed by atoms with Gasteiger partial charge >= 0.3 is 0 Å². The monoisotopic (exact) mass is 383 g/mol. The number of carbonyl (C=O) groups excluding carboxylic acids is 1. The molecule has 2 unspecified atom stereocenters. The fourth-order valence-corrected chi connectivity index (χ4v) is 3.52. The predicted octanol–water partition coefficient (Wildman–Crippen LogP) is 2.37. The number of carbonyl (C=O) groups is 1. The number of nitrogens with one attached hydrogen (secondary N) is 4. The van der Waals surface area contributed by atoms with Crippen LogP contribution >= 0.6 is 11.6 Å². The molecule has 0 spiro atoms. The van der Waals surface area contributed by atoms with E-state index >= 15 is 0 Å². The van der Waals surface area contributed by atoms with Gasteiger partial charge in [0.15, 0.2) is 0 Å². The summed E-state index contributed by atoms with van der Waals surface area (Å²) >= 11 is 5.93. The van der Waals surface area contributed by atoms with Crippen LogP contribution in [0.2, 0.25) is 5.02 Å². The maximum atomic E-state index is 13.0. The van der Waals surface area contributed by atoms with Gasteiger partial charge in [0.25, 0.3) is 0 Å². The van der Waals surface area contributed by atoms with E-state index in [1.165, 1.54) is 11.1 Å². The molecule has 140 valence electrons. The Morgan fingerprint density at radius 2 is 1.85 bits per heavy atom. The second-order valence-corrected chi connectivity index (χ2v) is 7.09. The van der Waals surface area contributed by atoms with E-state index in [4.69, 9.17) is 11.6 Å². The Bertz CT molecular complexity index is 824. The van der Waals surface area contributed by atoms with Gasteiger partial charge in [-0.1, -0.05) is 48.0 Å². The largest absolute Gasteiger partial charge is 0.367 e. The van der Waals surface area contributed by atoms with Crippen molar-refractivity contribution in [2.75, 3.05) is 18.4 Å². The summed E-state index contributed by atoms with van der Waals surface area (Å²) in [6.45, 7) is 1.33. The van der Waals surface area contributed by atoms with E-state index in [1.54, 1.807) is 0 Å². The number of rotatable bonds is 4. The van der Waals surface area contributed by atoms with Crippen LogP contribution in [0.1, 0.15) is 12.0 Å². The molecular weight excluding hydrogens is 362 g/mol. The zero-order valence-corrected chi connectivity index (χ0v) is 15.5. The number of halogens is 1. The summed E-state index contributed by atoms with van der Waals surface area (Å²) in [6.07, 6.45) is 2.74. The van der Waals surface area contributed by atoms with Crippen molar-refractivity contribution in [3.05, 3.63) is 71.3 Å². The highest BCUT2D eigenvalue weighted by molar-refractivity contribution is 6.30. The lowest BCUT2D eigenvalue weighted by Gasteiger charge is -2.30. The van der Waals surface area contributed by atoms with E-state index in [0.29, 0.717) is 18.1 Å². The van der Waals surface area contributed by atoms with Crippen LogP contribution in [-0.4, -0.2) is 36.1 Å². The fourth-order valence-electron chi connectivity index (χ4n) is 3.39. The lowest BCUT2D eigenvalue weighted by molar-refractivity contribution is -0.132. The summed E-state index contributed by atoms with van der Waals surface area (Å²) in [5.74, 6) is 0.0577. The minimum atomic E-state index is -0.410. The van der Waals surface area contributed by atoms with Gasteiger partial charge in [-0.2, -0.15) is 5.53 Å². The number of benzene rings is 2. The minimum absolute atomic E-state index is 0.0577. The summed E-state index contributed by atoms with van der Waals surface area (Å²) in [7, 11) is 0. The van der Waals surface area contributed by atoms with Crippen LogP contribution < -0.4 is 21.7 Å². The van der Waals surface area contributed by atoms with Crippen molar-refractivity contribution in [1.29, 1.82) is 0 Å². The van der Waals surface area contributed by atoms with Crippen LogP contribution in [0.5, 0.6) is 0 Å². The Balaban J connectivity index is 1.40. The molecule has 6 nitrogen and oxygen atoms in total. The third-order valence-electron chi connectivity index (χ3n) is 4.89. The number of hydrogen-bond acceptors (Lipinski definition) is 5. The van der Waals surface area contributed by atoms with Crippen molar-refractivity contribution in [3.63, 3.8) is 0 Å². The normalized spacial score (nSPS) is 22.4. The van der Waals surface area contributed by atoms with Gasteiger partial charge in [0.1, 0.15) is 12.2 Å². The molecule has 0 saturated carbocycles. The molecule has 0 radical (unpaired) electrons. The summed E-state index contributed by atoms with van der Waals surface area (Å²) < 4.78 is 0. The van der Waals surface area contributed by atoms with Gasteiger partial charge in [-0.25, -0.2) is 10.9 Å².